The number of hydrogen-bond acceptors (Lipinski definition) is 3. The lowest BCUT2D eigenvalue weighted by atomic mass is 9.77. The van der Waals surface area contributed by atoms with Crippen molar-refractivity contribution in [3.63, 3.8) is 0 Å². The minimum atomic E-state index is 0.439. The zero-order valence-corrected chi connectivity index (χ0v) is 18.1. The van der Waals surface area contributed by atoms with E-state index in [0.29, 0.717) is 11.8 Å². The van der Waals surface area contributed by atoms with Crippen LogP contribution in [-0.4, -0.2) is 14.8 Å². The molecule has 2 aliphatic rings. The highest BCUT2D eigenvalue weighted by molar-refractivity contribution is 6.30. The predicted molar refractivity (Wildman–Crippen MR) is 125 cm³/mol. The molecular formula is C26H25ClN4. The molecule has 31 heavy (non-hydrogen) atoms. The molecule has 5 heteroatoms. The first-order valence-electron chi connectivity index (χ1n) is 11.2. The van der Waals surface area contributed by atoms with Gasteiger partial charge in [0.05, 0.1) is 12.2 Å². The Balaban J connectivity index is 1.30. The maximum Gasteiger partial charge on any atom is 0.151 e. The van der Waals surface area contributed by atoms with E-state index >= 15 is 0 Å². The van der Waals surface area contributed by atoms with Gasteiger partial charge < -0.3 is 5.32 Å². The van der Waals surface area contributed by atoms with E-state index < -0.39 is 0 Å². The van der Waals surface area contributed by atoms with Crippen LogP contribution in [0.2, 0.25) is 5.02 Å². The number of fused-ring (bicyclic) bond motifs is 4. The summed E-state index contributed by atoms with van der Waals surface area (Å²) in [6.45, 7) is 1.52. The highest BCUT2D eigenvalue weighted by Crippen LogP contribution is 2.42. The molecule has 1 saturated carbocycles. The van der Waals surface area contributed by atoms with E-state index in [1.54, 1.807) is 0 Å². The minimum absolute atomic E-state index is 0.439. The van der Waals surface area contributed by atoms with E-state index in [2.05, 4.69) is 74.7 Å². The minimum Gasteiger partial charge on any atom is -0.306 e. The van der Waals surface area contributed by atoms with Gasteiger partial charge in [-0.2, -0.15) is 0 Å². The molecule has 0 atom stereocenters. The predicted octanol–water partition coefficient (Wildman–Crippen LogP) is 6.12. The Labute approximate surface area is 187 Å². The average molecular weight is 429 g/mol. The first-order chi connectivity index (χ1) is 15.3. The van der Waals surface area contributed by atoms with Crippen molar-refractivity contribution in [3.8, 4) is 5.69 Å². The van der Waals surface area contributed by atoms with Gasteiger partial charge in [-0.15, -0.1) is 10.2 Å². The first kappa shape index (κ1) is 19.0. The third-order valence-electron chi connectivity index (χ3n) is 6.99. The smallest absolute Gasteiger partial charge is 0.151 e. The molecule has 4 aromatic rings. The molecule has 2 heterocycles. The summed E-state index contributed by atoms with van der Waals surface area (Å²) in [5.74, 6) is 3.15. The van der Waals surface area contributed by atoms with E-state index in [1.165, 1.54) is 40.4 Å². The fourth-order valence-electron chi connectivity index (χ4n) is 5.46. The molecule has 1 N–H and O–H groups in total. The maximum absolute atomic E-state index is 6.27. The van der Waals surface area contributed by atoms with E-state index in [9.17, 15) is 0 Å². The van der Waals surface area contributed by atoms with Crippen molar-refractivity contribution in [2.75, 3.05) is 0 Å². The van der Waals surface area contributed by atoms with E-state index in [-0.39, 0.29) is 0 Å². The normalized spacial score (nSPS) is 20.8. The molecule has 0 spiro atoms. The summed E-state index contributed by atoms with van der Waals surface area (Å²) < 4.78 is 2.29. The number of nitrogens with one attached hydrogen (secondary N) is 1. The number of hydrogen-bond donors (Lipinski definition) is 1. The first-order valence-corrected chi connectivity index (χ1v) is 11.6. The van der Waals surface area contributed by atoms with Gasteiger partial charge in [0.15, 0.2) is 5.82 Å². The van der Waals surface area contributed by atoms with Crippen molar-refractivity contribution in [1.29, 1.82) is 0 Å². The Morgan fingerprint density at radius 1 is 0.839 bits per heavy atom. The maximum atomic E-state index is 6.27. The van der Waals surface area contributed by atoms with Crippen molar-refractivity contribution in [1.82, 2.24) is 20.1 Å². The molecule has 0 unspecified atom stereocenters. The van der Waals surface area contributed by atoms with E-state index in [0.717, 1.165) is 42.6 Å². The molecule has 0 bridgehead atoms. The molecule has 1 aliphatic heterocycles. The van der Waals surface area contributed by atoms with Crippen LogP contribution in [0.15, 0.2) is 60.7 Å². The van der Waals surface area contributed by atoms with Crippen LogP contribution in [-0.2, 0) is 13.1 Å². The van der Waals surface area contributed by atoms with E-state index in [1.807, 2.05) is 6.07 Å². The van der Waals surface area contributed by atoms with Gasteiger partial charge >= 0.3 is 0 Å². The van der Waals surface area contributed by atoms with Gasteiger partial charge in [0.1, 0.15) is 5.82 Å². The second-order valence-corrected chi connectivity index (χ2v) is 9.24. The summed E-state index contributed by atoms with van der Waals surface area (Å²) in [5, 5.41) is 16.2. The summed E-state index contributed by atoms with van der Waals surface area (Å²) in [6.07, 6.45) is 4.66. The fraction of sp³-hybridized carbons (Fsp3) is 0.308. The Morgan fingerprint density at radius 2 is 1.65 bits per heavy atom. The third kappa shape index (κ3) is 3.35. The van der Waals surface area contributed by atoms with Gasteiger partial charge in [0.25, 0.3) is 0 Å². The molecule has 0 saturated heterocycles. The molecule has 1 fully saturated rings. The molecular weight excluding hydrogens is 404 g/mol. The quantitative estimate of drug-likeness (QED) is 0.418. The van der Waals surface area contributed by atoms with E-state index in [4.69, 9.17) is 11.6 Å². The summed E-state index contributed by atoms with van der Waals surface area (Å²) >= 11 is 6.27. The van der Waals surface area contributed by atoms with Crippen LogP contribution in [0.5, 0.6) is 0 Å². The lowest BCUT2D eigenvalue weighted by Crippen LogP contribution is -2.17. The number of benzene rings is 3. The fourth-order valence-corrected chi connectivity index (χ4v) is 5.66. The lowest BCUT2D eigenvalue weighted by Gasteiger charge is -2.29. The summed E-state index contributed by atoms with van der Waals surface area (Å²) in [4.78, 5) is 0. The van der Waals surface area contributed by atoms with Crippen LogP contribution >= 0.6 is 11.6 Å². The van der Waals surface area contributed by atoms with Crippen molar-refractivity contribution >= 4 is 22.4 Å². The third-order valence-corrected chi connectivity index (χ3v) is 7.23. The SMILES string of the molecule is Clc1ccc2c(c1)CNCc1nnc(C3CCC(c4cccc5ccccc45)CC3)n1-2. The average Bonchev–Trinajstić information content (AvgIpc) is 3.14. The summed E-state index contributed by atoms with van der Waals surface area (Å²) in [5.41, 5.74) is 3.87. The molecule has 1 aromatic heterocycles. The Hall–Kier alpha value is -2.69. The number of rotatable bonds is 2. The molecule has 1 aliphatic carbocycles. The second kappa shape index (κ2) is 7.77. The zero-order valence-electron chi connectivity index (χ0n) is 17.4. The van der Waals surface area contributed by atoms with Crippen LogP contribution < -0.4 is 5.32 Å². The standard InChI is InChI=1S/C26H25ClN4/c27-21-12-13-24-20(14-21)15-28-16-25-29-30-26(31(24)25)19-10-8-18(9-11-19)23-7-3-5-17-4-1-2-6-22(17)23/h1-7,12-14,18-19,28H,8-11,15-16H2. The van der Waals surface area contributed by atoms with Crippen LogP contribution in [0, 0.1) is 0 Å². The van der Waals surface area contributed by atoms with Gasteiger partial charge in [-0.1, -0.05) is 54.1 Å². The molecule has 0 radical (unpaired) electrons. The highest BCUT2D eigenvalue weighted by atomic mass is 35.5. The molecule has 156 valence electrons. The highest BCUT2D eigenvalue weighted by Gasteiger charge is 2.30. The molecule has 6 rings (SSSR count). The Morgan fingerprint density at radius 3 is 2.55 bits per heavy atom. The van der Waals surface area contributed by atoms with Gasteiger partial charge in [0.2, 0.25) is 0 Å². The number of halogens is 1. The Kier molecular flexibility index (Phi) is 4.77. The lowest BCUT2D eigenvalue weighted by molar-refractivity contribution is 0.383. The second-order valence-electron chi connectivity index (χ2n) is 8.80. The van der Waals surface area contributed by atoms with Crippen LogP contribution in [0.3, 0.4) is 0 Å². The van der Waals surface area contributed by atoms with Crippen molar-refractivity contribution in [2.45, 2.75) is 50.6 Å². The van der Waals surface area contributed by atoms with Crippen molar-refractivity contribution in [2.24, 2.45) is 0 Å². The molecule has 0 amide bonds. The number of nitrogens with zero attached hydrogens (tertiary/aromatic N) is 3. The zero-order chi connectivity index (χ0) is 20.8. The summed E-state index contributed by atoms with van der Waals surface area (Å²) in [7, 11) is 0. The van der Waals surface area contributed by atoms with Crippen molar-refractivity contribution in [3.05, 3.63) is 88.5 Å². The summed E-state index contributed by atoms with van der Waals surface area (Å²) in [6, 6.07) is 21.6. The van der Waals surface area contributed by atoms with Crippen LogP contribution in [0.4, 0.5) is 0 Å². The largest absolute Gasteiger partial charge is 0.306 e. The van der Waals surface area contributed by atoms with Gasteiger partial charge in [-0.3, -0.25) is 4.57 Å². The van der Waals surface area contributed by atoms with Gasteiger partial charge in [0, 0.05) is 17.5 Å². The van der Waals surface area contributed by atoms with Crippen LogP contribution in [0.1, 0.15) is 60.3 Å². The van der Waals surface area contributed by atoms with Crippen molar-refractivity contribution < 1.29 is 0 Å². The van der Waals surface area contributed by atoms with Gasteiger partial charge in [-0.25, -0.2) is 0 Å². The number of aromatic nitrogens is 3. The van der Waals surface area contributed by atoms with Crippen LogP contribution in [0.25, 0.3) is 16.5 Å². The topological polar surface area (TPSA) is 42.7 Å². The Bertz CT molecular complexity index is 1250. The monoisotopic (exact) mass is 428 g/mol. The molecule has 4 nitrogen and oxygen atoms in total. The molecule has 3 aromatic carbocycles. The van der Waals surface area contributed by atoms with Gasteiger partial charge in [-0.05, 0) is 71.7 Å².